The molecular formula is C27H39N3O5S. The highest BCUT2D eigenvalue weighted by Gasteiger charge is 2.37. The molecular weight excluding hydrogens is 478 g/mol. The molecule has 1 aliphatic rings. The Kier molecular flexibility index (Phi) is 10.3. The standard InChI is InChI=1S/C27H39N3O5S/c1-22(2)19-29(36(34,35)28-16-10-5-11-17-28)21-26(31)25(18-23-12-6-3-7-13-23)30(27(32)33)20-24-14-8-4-9-15-24/h3-4,6-9,12-15,22,25-26,31H,5,10-11,16-21H2,1-2H3,(H,32,33)/t25?,26-/m1/s1. The zero-order valence-corrected chi connectivity index (χ0v) is 22.1. The van der Waals surface area contributed by atoms with E-state index in [9.17, 15) is 23.4 Å². The predicted octanol–water partition coefficient (Wildman–Crippen LogP) is 3.83. The average Bonchev–Trinajstić information content (AvgIpc) is 2.87. The maximum atomic E-state index is 13.5. The lowest BCUT2D eigenvalue weighted by Crippen LogP contribution is -2.55. The minimum Gasteiger partial charge on any atom is -0.465 e. The summed E-state index contributed by atoms with van der Waals surface area (Å²) >= 11 is 0. The molecule has 198 valence electrons. The summed E-state index contributed by atoms with van der Waals surface area (Å²) < 4.78 is 29.9. The van der Waals surface area contributed by atoms with E-state index < -0.39 is 28.4 Å². The van der Waals surface area contributed by atoms with Gasteiger partial charge < -0.3 is 10.2 Å². The second-order valence-electron chi connectivity index (χ2n) is 9.90. The molecule has 0 bridgehead atoms. The number of hydrogen-bond donors (Lipinski definition) is 2. The van der Waals surface area contributed by atoms with Crippen LogP contribution in [0.15, 0.2) is 60.7 Å². The lowest BCUT2D eigenvalue weighted by atomic mass is 9.98. The van der Waals surface area contributed by atoms with Crippen LogP contribution in [0.4, 0.5) is 4.79 Å². The monoisotopic (exact) mass is 517 g/mol. The van der Waals surface area contributed by atoms with Gasteiger partial charge in [-0.1, -0.05) is 80.9 Å². The molecule has 1 heterocycles. The first-order valence-electron chi connectivity index (χ1n) is 12.7. The number of piperidine rings is 1. The Hall–Kier alpha value is -2.46. The average molecular weight is 518 g/mol. The molecule has 3 rings (SSSR count). The van der Waals surface area contributed by atoms with Gasteiger partial charge in [-0.25, -0.2) is 4.79 Å². The number of aliphatic hydroxyl groups excluding tert-OH is 1. The third-order valence-corrected chi connectivity index (χ3v) is 8.47. The minimum absolute atomic E-state index is 0.0456. The SMILES string of the molecule is CC(C)CN(C[C@@H](O)C(Cc1ccccc1)N(Cc1ccccc1)C(=O)O)S(=O)(=O)N1CCCCC1. The number of benzene rings is 2. The van der Waals surface area contributed by atoms with Gasteiger partial charge in [0.05, 0.1) is 12.1 Å². The molecule has 1 saturated heterocycles. The van der Waals surface area contributed by atoms with Gasteiger partial charge in [0.25, 0.3) is 10.2 Å². The molecule has 2 aromatic rings. The van der Waals surface area contributed by atoms with Crippen molar-refractivity contribution in [2.45, 2.75) is 58.2 Å². The van der Waals surface area contributed by atoms with Crippen LogP contribution in [0, 0.1) is 5.92 Å². The van der Waals surface area contributed by atoms with Gasteiger partial charge in [0, 0.05) is 32.7 Å². The van der Waals surface area contributed by atoms with Crippen molar-refractivity contribution in [3.8, 4) is 0 Å². The molecule has 0 aliphatic carbocycles. The van der Waals surface area contributed by atoms with Crippen LogP contribution >= 0.6 is 0 Å². The fraction of sp³-hybridized carbons (Fsp3) is 0.519. The Morgan fingerprint density at radius 1 is 0.917 bits per heavy atom. The van der Waals surface area contributed by atoms with Crippen LogP contribution in [0.3, 0.4) is 0 Å². The number of aliphatic hydroxyl groups is 1. The first-order valence-corrected chi connectivity index (χ1v) is 14.1. The molecule has 2 aromatic carbocycles. The summed E-state index contributed by atoms with van der Waals surface area (Å²) in [6, 6.07) is 17.8. The first-order chi connectivity index (χ1) is 17.2. The largest absolute Gasteiger partial charge is 0.465 e. The summed E-state index contributed by atoms with van der Waals surface area (Å²) in [5.41, 5.74) is 1.67. The lowest BCUT2D eigenvalue weighted by Gasteiger charge is -2.38. The molecule has 1 unspecified atom stereocenters. The van der Waals surface area contributed by atoms with E-state index in [-0.39, 0.29) is 32.0 Å². The van der Waals surface area contributed by atoms with E-state index in [1.54, 1.807) is 0 Å². The molecule has 8 nitrogen and oxygen atoms in total. The highest BCUT2D eigenvalue weighted by atomic mass is 32.2. The Labute approximate surface area is 215 Å². The van der Waals surface area contributed by atoms with E-state index in [2.05, 4.69) is 0 Å². The molecule has 9 heteroatoms. The van der Waals surface area contributed by atoms with E-state index in [0.717, 1.165) is 30.4 Å². The van der Waals surface area contributed by atoms with Gasteiger partial charge in [-0.15, -0.1) is 0 Å². The maximum absolute atomic E-state index is 13.5. The molecule has 36 heavy (non-hydrogen) atoms. The van der Waals surface area contributed by atoms with Crippen molar-refractivity contribution in [1.29, 1.82) is 0 Å². The summed E-state index contributed by atoms with van der Waals surface area (Å²) in [6.45, 7) is 4.98. The summed E-state index contributed by atoms with van der Waals surface area (Å²) in [4.78, 5) is 13.7. The molecule has 1 aliphatic heterocycles. The summed E-state index contributed by atoms with van der Waals surface area (Å²) in [7, 11) is -3.78. The highest BCUT2D eigenvalue weighted by molar-refractivity contribution is 7.86. The van der Waals surface area contributed by atoms with Crippen molar-refractivity contribution in [1.82, 2.24) is 13.5 Å². The number of amides is 1. The van der Waals surface area contributed by atoms with E-state index in [1.165, 1.54) is 13.5 Å². The predicted molar refractivity (Wildman–Crippen MR) is 141 cm³/mol. The van der Waals surface area contributed by atoms with E-state index in [4.69, 9.17) is 0 Å². The van der Waals surface area contributed by atoms with Crippen molar-refractivity contribution in [3.63, 3.8) is 0 Å². The third-order valence-electron chi connectivity index (χ3n) is 6.50. The van der Waals surface area contributed by atoms with Crippen LogP contribution in [0.2, 0.25) is 0 Å². The van der Waals surface area contributed by atoms with Crippen LogP contribution < -0.4 is 0 Å². The molecule has 2 atom stereocenters. The van der Waals surface area contributed by atoms with E-state index >= 15 is 0 Å². The van der Waals surface area contributed by atoms with Crippen LogP contribution in [-0.2, 0) is 23.2 Å². The Morgan fingerprint density at radius 2 is 1.47 bits per heavy atom. The number of carbonyl (C=O) groups is 1. The number of carboxylic acid groups (broad SMARTS) is 1. The van der Waals surface area contributed by atoms with Crippen molar-refractivity contribution in [3.05, 3.63) is 71.8 Å². The normalized spacial score (nSPS) is 16.7. The van der Waals surface area contributed by atoms with Crippen molar-refractivity contribution < 1.29 is 23.4 Å². The van der Waals surface area contributed by atoms with Crippen molar-refractivity contribution in [2.75, 3.05) is 26.2 Å². The number of hydrogen-bond acceptors (Lipinski definition) is 4. The van der Waals surface area contributed by atoms with Gasteiger partial charge in [-0.3, -0.25) is 4.90 Å². The molecule has 0 aromatic heterocycles. The molecule has 1 amide bonds. The minimum atomic E-state index is -3.78. The number of rotatable bonds is 12. The topological polar surface area (TPSA) is 101 Å². The summed E-state index contributed by atoms with van der Waals surface area (Å²) in [5.74, 6) is 0.0456. The molecule has 0 spiro atoms. The number of nitrogens with zero attached hydrogens (tertiary/aromatic N) is 3. The van der Waals surface area contributed by atoms with Crippen LogP contribution in [0.5, 0.6) is 0 Å². The van der Waals surface area contributed by atoms with Gasteiger partial charge >= 0.3 is 6.09 Å². The highest BCUT2D eigenvalue weighted by Crippen LogP contribution is 2.22. The summed E-state index contributed by atoms with van der Waals surface area (Å²) in [6.07, 6.45) is 0.526. The maximum Gasteiger partial charge on any atom is 0.407 e. The van der Waals surface area contributed by atoms with E-state index in [0.29, 0.717) is 13.1 Å². The smallest absolute Gasteiger partial charge is 0.407 e. The second-order valence-corrected chi connectivity index (χ2v) is 11.8. The van der Waals surface area contributed by atoms with Gasteiger partial charge in [-0.2, -0.15) is 17.0 Å². The van der Waals surface area contributed by atoms with Crippen LogP contribution in [-0.4, -0.2) is 76.6 Å². The van der Waals surface area contributed by atoms with Crippen LogP contribution in [0.25, 0.3) is 0 Å². The Morgan fingerprint density at radius 3 is 2.00 bits per heavy atom. The Bertz CT molecular complexity index is 1040. The van der Waals surface area contributed by atoms with Gasteiger partial charge in [-0.05, 0) is 36.3 Å². The molecule has 2 N–H and O–H groups in total. The van der Waals surface area contributed by atoms with Gasteiger partial charge in [0.2, 0.25) is 0 Å². The summed E-state index contributed by atoms with van der Waals surface area (Å²) in [5, 5.41) is 21.6. The zero-order valence-electron chi connectivity index (χ0n) is 21.2. The third kappa shape index (κ3) is 7.77. The zero-order chi connectivity index (χ0) is 26.1. The second kappa shape index (κ2) is 13.2. The molecule has 0 saturated carbocycles. The molecule has 1 fully saturated rings. The van der Waals surface area contributed by atoms with Gasteiger partial charge in [0.1, 0.15) is 0 Å². The molecule has 0 radical (unpaired) electrons. The van der Waals surface area contributed by atoms with Gasteiger partial charge in [0.15, 0.2) is 0 Å². The fourth-order valence-corrected chi connectivity index (χ4v) is 6.55. The first kappa shape index (κ1) is 28.1. The van der Waals surface area contributed by atoms with Crippen molar-refractivity contribution >= 4 is 16.3 Å². The lowest BCUT2D eigenvalue weighted by molar-refractivity contribution is 0.0328. The quantitative estimate of drug-likeness (QED) is 0.446. The fourth-order valence-electron chi connectivity index (χ4n) is 4.68. The van der Waals surface area contributed by atoms with Crippen molar-refractivity contribution in [2.24, 2.45) is 5.92 Å². The van der Waals surface area contributed by atoms with Crippen LogP contribution in [0.1, 0.15) is 44.2 Å². The van der Waals surface area contributed by atoms with E-state index in [1.807, 2.05) is 74.5 Å². The Balaban J connectivity index is 1.91.